The zero-order valence-corrected chi connectivity index (χ0v) is 43.4. The smallest absolute Gasteiger partial charge is 0.246 e. The van der Waals surface area contributed by atoms with Gasteiger partial charge in [-0.05, 0) is 48.7 Å². The number of likely N-dealkylation sites (tertiary alicyclic amines) is 1. The number of sulfonamides is 1. The van der Waals surface area contributed by atoms with Crippen LogP contribution in [0.15, 0.2) is 66.3 Å². The number of benzene rings is 3. The van der Waals surface area contributed by atoms with Gasteiger partial charge in [0.05, 0.1) is 113 Å². The number of nitrogens with one attached hydrogen (secondary N) is 5. The van der Waals surface area contributed by atoms with Crippen molar-refractivity contribution >= 4 is 79.5 Å². The minimum absolute atomic E-state index is 0.0131. The van der Waals surface area contributed by atoms with Crippen LogP contribution in [0.5, 0.6) is 17.2 Å². The number of anilines is 5. The van der Waals surface area contributed by atoms with Gasteiger partial charge >= 0.3 is 0 Å². The Labute approximate surface area is 432 Å². The quantitative estimate of drug-likeness (QED) is 0.0358. The number of halogens is 1. The number of methoxy groups -OCH3 is 2. The van der Waals surface area contributed by atoms with E-state index in [1.807, 2.05) is 38.1 Å². The molecule has 2 atom stereocenters. The fourth-order valence-corrected chi connectivity index (χ4v) is 8.75. The van der Waals surface area contributed by atoms with Crippen LogP contribution in [0.4, 0.5) is 28.8 Å². The van der Waals surface area contributed by atoms with Crippen LogP contribution in [0.1, 0.15) is 23.2 Å². The Morgan fingerprint density at radius 3 is 2.18 bits per heavy atom. The van der Waals surface area contributed by atoms with Crippen molar-refractivity contribution in [3.63, 3.8) is 0 Å². The van der Waals surface area contributed by atoms with Gasteiger partial charge in [-0.2, -0.15) is 4.98 Å². The van der Waals surface area contributed by atoms with Crippen molar-refractivity contribution in [2.24, 2.45) is 0 Å². The number of amides is 3. The number of hydrogen-bond acceptors (Lipinski definition) is 19. The van der Waals surface area contributed by atoms with Crippen LogP contribution < -0.4 is 40.2 Å². The summed E-state index contributed by atoms with van der Waals surface area (Å²) in [5.74, 6) is 0.422. The van der Waals surface area contributed by atoms with E-state index in [1.54, 1.807) is 41.1 Å². The summed E-state index contributed by atoms with van der Waals surface area (Å²) in [6.07, 6.45) is 1.69. The molecular weight excluding hydrogens is 1010 g/mol. The second-order valence-corrected chi connectivity index (χ2v) is 19.4. The van der Waals surface area contributed by atoms with Gasteiger partial charge in [-0.25, -0.2) is 18.4 Å². The van der Waals surface area contributed by atoms with Crippen molar-refractivity contribution < 1.29 is 61.1 Å². The Kier molecular flexibility index (Phi) is 21.2. The van der Waals surface area contributed by atoms with Crippen molar-refractivity contribution in [2.45, 2.75) is 39.0 Å². The molecule has 3 aromatic carbocycles. The lowest BCUT2D eigenvalue weighted by atomic mass is 10.1. The Morgan fingerprint density at radius 1 is 0.822 bits per heavy atom. The molecule has 0 bridgehead atoms. The largest absolute Gasteiger partial charge is 0.497 e. The molecule has 3 amide bonds. The molecule has 1 fully saturated rings. The first-order valence-corrected chi connectivity index (χ1v) is 26.1. The molecule has 1 saturated heterocycles. The summed E-state index contributed by atoms with van der Waals surface area (Å²) in [6, 6.07) is 15.3. The first kappa shape index (κ1) is 55.9. The maximum absolute atomic E-state index is 13.1. The van der Waals surface area contributed by atoms with E-state index in [0.717, 1.165) is 33.5 Å². The van der Waals surface area contributed by atoms with E-state index < -0.39 is 34.0 Å². The standard InChI is InChI=1S/C48H60ClN9O13S2/c1-30-20-41(66-4)42(23-38(30)55-48-52-25-36(49)46(56-48)54-37-11-10-35(65-3)22-39(37)57-73(5,63)64)71-19-18-69-15-14-67-12-13-68-16-17-70-28-43(60)50-26-44(61)58-27-34(59)21-40(58)47(62)51-24-32-6-8-33(9-7-32)45-31(2)53-29-72-45/h6-11,20,22-23,25,29,34,40,57,59H,12-19,21,24,26-28H2,1-5H3,(H,50,60)(H,51,62)(H2,52,54,55,56)/t34-,40+/m1/s1. The zero-order chi connectivity index (χ0) is 52.3. The third-order valence-corrected chi connectivity index (χ3v) is 12.7. The van der Waals surface area contributed by atoms with Crippen LogP contribution in [-0.4, -0.2) is 156 Å². The van der Waals surface area contributed by atoms with Gasteiger partial charge in [0.25, 0.3) is 0 Å². The molecule has 3 heterocycles. The van der Waals surface area contributed by atoms with Gasteiger partial charge in [-0.1, -0.05) is 35.9 Å². The molecule has 6 rings (SSSR count). The number of hydrogen-bond donors (Lipinski definition) is 6. The average molecular weight is 1070 g/mol. The number of aromatic nitrogens is 3. The van der Waals surface area contributed by atoms with Gasteiger partial charge in [-0.15, -0.1) is 11.3 Å². The molecule has 0 saturated carbocycles. The summed E-state index contributed by atoms with van der Waals surface area (Å²) in [5.41, 5.74) is 6.72. The SMILES string of the molecule is COc1ccc(Nc2nc(Nc3cc(OCCOCCOCCOCCOCC(=O)NCC(=O)N4C[C@H](O)C[C@H]4C(=O)NCc4ccc(-c5scnc5C)cc4)c(OC)cc3C)ncc2Cl)c(NS(C)(=O)=O)c1. The molecule has 5 aromatic rings. The Hall–Kier alpha value is -6.38. The number of rotatable bonds is 29. The first-order chi connectivity index (χ1) is 35.1. The van der Waals surface area contributed by atoms with Gasteiger partial charge in [0.15, 0.2) is 17.3 Å². The molecule has 0 aliphatic carbocycles. The van der Waals surface area contributed by atoms with Crippen LogP contribution in [0.2, 0.25) is 5.02 Å². The number of aliphatic hydroxyl groups excluding tert-OH is 1. The topological polar surface area (TPSA) is 272 Å². The van der Waals surface area contributed by atoms with E-state index in [0.29, 0.717) is 48.4 Å². The summed E-state index contributed by atoms with van der Waals surface area (Å²) in [4.78, 5) is 53.9. The summed E-state index contributed by atoms with van der Waals surface area (Å²) < 4.78 is 65.4. The van der Waals surface area contributed by atoms with Crippen molar-refractivity contribution in [3.8, 4) is 27.7 Å². The molecule has 6 N–H and O–H groups in total. The van der Waals surface area contributed by atoms with Crippen molar-refractivity contribution in [1.29, 1.82) is 0 Å². The molecule has 22 nitrogen and oxygen atoms in total. The molecule has 0 unspecified atom stereocenters. The number of aliphatic hydroxyl groups is 1. The Balaban J connectivity index is 0.807. The average Bonchev–Trinajstić information content (AvgIpc) is 3.99. The fourth-order valence-electron chi connectivity index (χ4n) is 7.23. The molecule has 25 heteroatoms. The second kappa shape index (κ2) is 27.6. The molecule has 73 heavy (non-hydrogen) atoms. The fraction of sp³-hybridized carbons (Fsp3) is 0.417. The van der Waals surface area contributed by atoms with Gasteiger partial charge in [0.1, 0.15) is 30.0 Å². The summed E-state index contributed by atoms with van der Waals surface area (Å²) in [7, 11) is -0.609. The van der Waals surface area contributed by atoms with E-state index >= 15 is 0 Å². The number of carbonyl (C=O) groups is 3. The second-order valence-electron chi connectivity index (χ2n) is 16.4. The maximum atomic E-state index is 13.1. The van der Waals surface area contributed by atoms with Crippen LogP contribution in [0.25, 0.3) is 10.4 Å². The van der Waals surface area contributed by atoms with E-state index in [-0.39, 0.29) is 94.1 Å². The molecule has 0 radical (unpaired) electrons. The molecule has 0 spiro atoms. The van der Waals surface area contributed by atoms with Crippen molar-refractivity contribution in [2.75, 3.05) is 108 Å². The molecule has 394 valence electrons. The van der Waals surface area contributed by atoms with Crippen LogP contribution >= 0.6 is 22.9 Å². The van der Waals surface area contributed by atoms with Crippen molar-refractivity contribution in [1.82, 2.24) is 30.5 Å². The van der Waals surface area contributed by atoms with E-state index in [9.17, 15) is 27.9 Å². The molecule has 2 aromatic heterocycles. The van der Waals surface area contributed by atoms with Gasteiger partial charge in [-0.3, -0.25) is 19.1 Å². The number of nitrogens with zero attached hydrogens (tertiary/aromatic N) is 4. The summed E-state index contributed by atoms with van der Waals surface area (Å²) >= 11 is 7.99. The lowest BCUT2D eigenvalue weighted by Gasteiger charge is -2.24. The highest BCUT2D eigenvalue weighted by Crippen LogP contribution is 2.36. The summed E-state index contributed by atoms with van der Waals surface area (Å²) in [5, 5.41) is 22.1. The normalized spacial score (nSPS) is 14.4. The zero-order valence-electron chi connectivity index (χ0n) is 41.0. The minimum Gasteiger partial charge on any atom is -0.497 e. The van der Waals surface area contributed by atoms with E-state index in [4.69, 9.17) is 44.8 Å². The monoisotopic (exact) mass is 1070 g/mol. The highest BCUT2D eigenvalue weighted by atomic mass is 35.5. The predicted octanol–water partition coefficient (Wildman–Crippen LogP) is 4.59. The highest BCUT2D eigenvalue weighted by Gasteiger charge is 2.38. The van der Waals surface area contributed by atoms with E-state index in [1.165, 1.54) is 31.4 Å². The van der Waals surface area contributed by atoms with Gasteiger partial charge < -0.3 is 64.4 Å². The third-order valence-electron chi connectivity index (χ3n) is 10.9. The van der Waals surface area contributed by atoms with Gasteiger partial charge in [0, 0.05) is 37.3 Å². The molecule has 1 aliphatic heterocycles. The number of β-amino-alcohol motifs (C(OH)–C–C–N with tert-alkyl or cyclic N) is 1. The molecule has 1 aliphatic rings. The third kappa shape index (κ3) is 17.4. The van der Waals surface area contributed by atoms with E-state index in [2.05, 4.69) is 40.9 Å². The number of thiazole rings is 1. The summed E-state index contributed by atoms with van der Waals surface area (Å²) in [6.45, 7) is 5.47. The number of carbonyl (C=O) groups excluding carboxylic acids is 3. The minimum atomic E-state index is -3.62. The first-order valence-electron chi connectivity index (χ1n) is 23.0. The highest BCUT2D eigenvalue weighted by molar-refractivity contribution is 7.92. The van der Waals surface area contributed by atoms with Crippen molar-refractivity contribution in [3.05, 3.63) is 88.1 Å². The molecular formula is C48H60ClN9O13S2. The van der Waals surface area contributed by atoms with Gasteiger partial charge in [0.2, 0.25) is 33.7 Å². The predicted molar refractivity (Wildman–Crippen MR) is 275 cm³/mol. The number of aryl methyl sites for hydroxylation is 2. The Bertz CT molecular complexity index is 2750. The lowest BCUT2D eigenvalue weighted by molar-refractivity contribution is -0.139. The Morgan fingerprint density at radius 2 is 1.52 bits per heavy atom. The number of ether oxygens (including phenoxy) is 7. The lowest BCUT2D eigenvalue weighted by Crippen LogP contribution is -2.49. The van der Waals surface area contributed by atoms with Crippen LogP contribution in [-0.2, 0) is 49.9 Å². The maximum Gasteiger partial charge on any atom is 0.246 e. The van der Waals surface area contributed by atoms with Crippen LogP contribution in [0, 0.1) is 13.8 Å². The van der Waals surface area contributed by atoms with Crippen LogP contribution in [0.3, 0.4) is 0 Å².